The molecule has 8 heteroatoms. The summed E-state index contributed by atoms with van der Waals surface area (Å²) in [5.74, 6) is 0.872. The predicted molar refractivity (Wildman–Crippen MR) is 101 cm³/mol. The number of rotatable bonds is 3. The SMILES string of the molecule is Cc1cc(C(=O)N2C[C@@H]3CN(C(=O)c4ccno4)C[C@@H]3[C@H]2c2ccccc2)no1. The van der Waals surface area contributed by atoms with Gasteiger partial charge in [-0.05, 0) is 12.5 Å². The molecule has 0 bridgehead atoms. The first-order valence-corrected chi connectivity index (χ1v) is 9.61. The molecule has 3 atom stereocenters. The number of aryl methyl sites for hydroxylation is 1. The van der Waals surface area contributed by atoms with Crippen LogP contribution in [0.5, 0.6) is 0 Å². The van der Waals surface area contributed by atoms with E-state index < -0.39 is 0 Å². The van der Waals surface area contributed by atoms with Crippen LogP contribution < -0.4 is 0 Å². The van der Waals surface area contributed by atoms with Crippen molar-refractivity contribution >= 4 is 11.8 Å². The van der Waals surface area contributed by atoms with Crippen molar-refractivity contribution in [1.29, 1.82) is 0 Å². The van der Waals surface area contributed by atoms with E-state index in [9.17, 15) is 9.59 Å². The maximum absolute atomic E-state index is 13.2. The van der Waals surface area contributed by atoms with E-state index >= 15 is 0 Å². The summed E-state index contributed by atoms with van der Waals surface area (Å²) in [4.78, 5) is 29.6. The molecule has 2 aliphatic heterocycles. The van der Waals surface area contributed by atoms with Crippen LogP contribution in [0.25, 0.3) is 0 Å². The minimum atomic E-state index is -0.159. The number of hydrogen-bond donors (Lipinski definition) is 0. The fourth-order valence-electron chi connectivity index (χ4n) is 4.59. The smallest absolute Gasteiger partial charge is 0.292 e. The third-order valence-corrected chi connectivity index (χ3v) is 5.85. The molecule has 148 valence electrons. The van der Waals surface area contributed by atoms with E-state index in [1.165, 1.54) is 6.20 Å². The highest BCUT2D eigenvalue weighted by atomic mass is 16.5. The topological polar surface area (TPSA) is 92.7 Å². The van der Waals surface area contributed by atoms with Gasteiger partial charge in [-0.15, -0.1) is 0 Å². The largest absolute Gasteiger partial charge is 0.361 e. The first-order valence-electron chi connectivity index (χ1n) is 9.61. The summed E-state index contributed by atoms with van der Waals surface area (Å²) >= 11 is 0. The van der Waals surface area contributed by atoms with Gasteiger partial charge in [0, 0.05) is 43.6 Å². The van der Waals surface area contributed by atoms with Crippen molar-refractivity contribution in [2.45, 2.75) is 13.0 Å². The number of amides is 2. The van der Waals surface area contributed by atoms with Gasteiger partial charge in [-0.1, -0.05) is 40.6 Å². The Bertz CT molecular complexity index is 1030. The molecule has 3 aromatic rings. The Kier molecular flexibility index (Phi) is 4.19. The van der Waals surface area contributed by atoms with Gasteiger partial charge in [-0.3, -0.25) is 9.59 Å². The number of fused-ring (bicyclic) bond motifs is 1. The van der Waals surface area contributed by atoms with Crippen LogP contribution in [0, 0.1) is 18.8 Å². The van der Waals surface area contributed by atoms with Crippen molar-refractivity contribution in [3.05, 3.63) is 71.4 Å². The zero-order chi connectivity index (χ0) is 20.0. The average molecular weight is 392 g/mol. The number of carbonyl (C=O) groups is 2. The predicted octanol–water partition coefficient (Wildman–Crippen LogP) is 2.56. The first kappa shape index (κ1) is 17.7. The van der Waals surface area contributed by atoms with Crippen molar-refractivity contribution in [1.82, 2.24) is 20.1 Å². The fraction of sp³-hybridized carbons (Fsp3) is 0.333. The minimum absolute atomic E-state index is 0.127. The summed E-state index contributed by atoms with van der Waals surface area (Å²) in [6.45, 7) is 3.47. The molecule has 2 amide bonds. The Morgan fingerprint density at radius 2 is 1.86 bits per heavy atom. The van der Waals surface area contributed by atoms with Gasteiger partial charge in [0.15, 0.2) is 5.69 Å². The van der Waals surface area contributed by atoms with E-state index in [2.05, 4.69) is 10.3 Å². The number of nitrogens with zero attached hydrogens (tertiary/aromatic N) is 4. The number of carbonyl (C=O) groups excluding carboxylic acids is 2. The molecule has 8 nitrogen and oxygen atoms in total. The van der Waals surface area contributed by atoms with E-state index in [1.54, 1.807) is 24.0 Å². The Morgan fingerprint density at radius 3 is 2.55 bits per heavy atom. The lowest BCUT2D eigenvalue weighted by molar-refractivity contribution is 0.0656. The molecule has 0 unspecified atom stereocenters. The van der Waals surface area contributed by atoms with E-state index in [0.29, 0.717) is 31.1 Å². The Balaban J connectivity index is 1.44. The van der Waals surface area contributed by atoms with Gasteiger partial charge in [0.05, 0.1) is 12.2 Å². The lowest BCUT2D eigenvalue weighted by Crippen LogP contribution is -2.37. The molecule has 2 aliphatic rings. The fourth-order valence-corrected chi connectivity index (χ4v) is 4.59. The molecule has 2 aromatic heterocycles. The molecule has 0 N–H and O–H groups in total. The van der Waals surface area contributed by atoms with Crippen molar-refractivity contribution in [3.8, 4) is 0 Å². The standard InChI is InChI=1S/C21H20N4O4/c1-13-9-17(23-28-13)20(26)25-11-15-10-24(21(27)18-7-8-22-29-18)12-16(15)19(25)14-5-3-2-4-6-14/h2-9,15-16,19H,10-12H2,1H3/t15-,16-,19+/m0/s1. The third-order valence-electron chi connectivity index (χ3n) is 5.85. The average Bonchev–Trinajstić information content (AvgIpc) is 3.51. The number of benzene rings is 1. The second kappa shape index (κ2) is 6.88. The normalized spacial score (nSPS) is 23.4. The summed E-state index contributed by atoms with van der Waals surface area (Å²) in [5.41, 5.74) is 1.38. The summed E-state index contributed by atoms with van der Waals surface area (Å²) < 4.78 is 10.1. The molecule has 4 heterocycles. The highest BCUT2D eigenvalue weighted by Gasteiger charge is 2.50. The van der Waals surface area contributed by atoms with Crippen molar-refractivity contribution in [2.24, 2.45) is 11.8 Å². The summed E-state index contributed by atoms with van der Waals surface area (Å²) in [5, 5.41) is 7.54. The van der Waals surface area contributed by atoms with Crippen LogP contribution in [0.15, 0.2) is 57.7 Å². The van der Waals surface area contributed by atoms with Crippen molar-refractivity contribution < 1.29 is 18.6 Å². The molecule has 0 spiro atoms. The van der Waals surface area contributed by atoms with Gasteiger partial charge in [0.25, 0.3) is 11.8 Å². The summed E-state index contributed by atoms with van der Waals surface area (Å²) in [7, 11) is 0. The van der Waals surface area contributed by atoms with Gasteiger partial charge in [-0.25, -0.2) is 0 Å². The highest BCUT2D eigenvalue weighted by Crippen LogP contribution is 2.45. The van der Waals surface area contributed by atoms with Gasteiger partial charge >= 0.3 is 0 Å². The first-order chi connectivity index (χ1) is 14.1. The molecule has 0 aliphatic carbocycles. The zero-order valence-electron chi connectivity index (χ0n) is 15.9. The maximum Gasteiger partial charge on any atom is 0.292 e. The van der Waals surface area contributed by atoms with E-state index in [1.807, 2.05) is 35.2 Å². The number of hydrogen-bond acceptors (Lipinski definition) is 6. The molecule has 0 radical (unpaired) electrons. The van der Waals surface area contributed by atoms with Crippen LogP contribution in [0.3, 0.4) is 0 Å². The van der Waals surface area contributed by atoms with Crippen molar-refractivity contribution in [3.63, 3.8) is 0 Å². The molecule has 29 heavy (non-hydrogen) atoms. The van der Waals surface area contributed by atoms with Crippen LogP contribution in [0.4, 0.5) is 0 Å². The Hall–Kier alpha value is -3.42. The molecule has 5 rings (SSSR count). The van der Waals surface area contributed by atoms with Crippen LogP contribution in [0.1, 0.15) is 38.4 Å². The molecule has 1 aromatic carbocycles. The minimum Gasteiger partial charge on any atom is -0.361 e. The van der Waals surface area contributed by atoms with E-state index in [-0.39, 0.29) is 35.5 Å². The summed E-state index contributed by atoms with van der Waals surface area (Å²) in [6, 6.07) is 13.1. The van der Waals surface area contributed by atoms with Gasteiger partial charge < -0.3 is 18.8 Å². The van der Waals surface area contributed by atoms with Crippen LogP contribution >= 0.6 is 0 Å². The van der Waals surface area contributed by atoms with E-state index in [4.69, 9.17) is 9.05 Å². The highest BCUT2D eigenvalue weighted by molar-refractivity contribution is 5.93. The Morgan fingerprint density at radius 1 is 1.03 bits per heavy atom. The monoisotopic (exact) mass is 392 g/mol. The lowest BCUT2D eigenvalue weighted by atomic mass is 9.89. The lowest BCUT2D eigenvalue weighted by Gasteiger charge is -2.29. The maximum atomic E-state index is 13.2. The van der Waals surface area contributed by atoms with E-state index in [0.717, 1.165) is 5.56 Å². The molecule has 2 fully saturated rings. The van der Waals surface area contributed by atoms with Gasteiger partial charge in [0.1, 0.15) is 5.76 Å². The number of aromatic nitrogens is 2. The quantitative estimate of drug-likeness (QED) is 0.680. The molecule has 2 saturated heterocycles. The number of likely N-dealkylation sites (tertiary alicyclic amines) is 2. The van der Waals surface area contributed by atoms with Gasteiger partial charge in [0.2, 0.25) is 5.76 Å². The zero-order valence-corrected chi connectivity index (χ0v) is 15.9. The van der Waals surface area contributed by atoms with Gasteiger partial charge in [-0.2, -0.15) is 0 Å². The Labute approximate surface area is 167 Å². The third kappa shape index (κ3) is 3.00. The van der Waals surface area contributed by atoms with Crippen molar-refractivity contribution in [2.75, 3.05) is 19.6 Å². The second-order valence-corrected chi connectivity index (χ2v) is 7.65. The second-order valence-electron chi connectivity index (χ2n) is 7.65. The van der Waals surface area contributed by atoms with Crippen LogP contribution in [0.2, 0.25) is 0 Å². The molecule has 0 saturated carbocycles. The van der Waals surface area contributed by atoms with Crippen LogP contribution in [-0.2, 0) is 0 Å². The molecular weight excluding hydrogens is 372 g/mol. The molecular formula is C21H20N4O4. The van der Waals surface area contributed by atoms with Crippen LogP contribution in [-0.4, -0.2) is 51.6 Å². The summed E-state index contributed by atoms with van der Waals surface area (Å²) in [6.07, 6.45) is 1.47.